The Morgan fingerprint density at radius 1 is 1.31 bits per heavy atom. The first-order valence-electron chi connectivity index (χ1n) is 8.77. The second-order valence-electron chi connectivity index (χ2n) is 6.40. The molecule has 6 nitrogen and oxygen atoms in total. The zero-order valence-corrected chi connectivity index (χ0v) is 16.4. The highest BCUT2D eigenvalue weighted by Crippen LogP contribution is 2.23. The summed E-state index contributed by atoms with van der Waals surface area (Å²) in [6.07, 6.45) is 5.64. The standard InChI is InChI=1S/C18H23N3O3S2/c1-2-16-5-6-17(25-16)26(23,24)20-12-14-7-10-21(11-8-14)18(22)15-4-3-9-19-13-15/h3-6,9,13-14,20H,2,7-8,10-12H2,1H3. The first-order valence-corrected chi connectivity index (χ1v) is 11.1. The van der Waals surface area contributed by atoms with E-state index in [2.05, 4.69) is 9.71 Å². The second kappa shape index (κ2) is 8.28. The van der Waals surface area contributed by atoms with Crippen LogP contribution in [0.25, 0.3) is 0 Å². The molecule has 1 saturated heterocycles. The number of aryl methyl sites for hydroxylation is 1. The predicted molar refractivity (Wildman–Crippen MR) is 102 cm³/mol. The van der Waals surface area contributed by atoms with E-state index in [1.807, 2.05) is 17.9 Å². The number of carbonyl (C=O) groups is 1. The van der Waals surface area contributed by atoms with Crippen molar-refractivity contribution in [3.05, 3.63) is 47.1 Å². The minimum absolute atomic E-state index is 0.0113. The van der Waals surface area contributed by atoms with Crippen LogP contribution in [0.3, 0.4) is 0 Å². The molecule has 2 aromatic rings. The minimum atomic E-state index is -3.44. The number of amides is 1. The maximum atomic E-state index is 12.4. The van der Waals surface area contributed by atoms with E-state index in [1.165, 1.54) is 11.3 Å². The highest BCUT2D eigenvalue weighted by atomic mass is 32.2. The number of hydrogen-bond acceptors (Lipinski definition) is 5. The van der Waals surface area contributed by atoms with Gasteiger partial charge in [-0.25, -0.2) is 13.1 Å². The van der Waals surface area contributed by atoms with E-state index in [0.717, 1.165) is 24.1 Å². The molecule has 1 aliphatic rings. The van der Waals surface area contributed by atoms with E-state index in [1.54, 1.807) is 30.6 Å². The van der Waals surface area contributed by atoms with Crippen LogP contribution in [0, 0.1) is 5.92 Å². The molecule has 0 atom stereocenters. The van der Waals surface area contributed by atoms with Crippen molar-refractivity contribution in [2.75, 3.05) is 19.6 Å². The van der Waals surface area contributed by atoms with Gasteiger partial charge in [0.1, 0.15) is 4.21 Å². The van der Waals surface area contributed by atoms with Crippen molar-refractivity contribution >= 4 is 27.3 Å². The molecule has 1 amide bonds. The fourth-order valence-corrected chi connectivity index (χ4v) is 5.46. The molecule has 1 aliphatic heterocycles. The summed E-state index contributed by atoms with van der Waals surface area (Å²) in [6, 6.07) is 7.05. The van der Waals surface area contributed by atoms with Crippen LogP contribution in [0.2, 0.25) is 0 Å². The van der Waals surface area contributed by atoms with Crippen LogP contribution in [-0.2, 0) is 16.4 Å². The van der Waals surface area contributed by atoms with Crippen LogP contribution < -0.4 is 4.72 Å². The van der Waals surface area contributed by atoms with Gasteiger partial charge in [0.25, 0.3) is 5.91 Å². The van der Waals surface area contributed by atoms with Crippen molar-refractivity contribution in [2.45, 2.75) is 30.4 Å². The Hall–Kier alpha value is -1.77. The Morgan fingerprint density at radius 2 is 2.08 bits per heavy atom. The molecule has 140 valence electrons. The summed E-state index contributed by atoms with van der Waals surface area (Å²) >= 11 is 1.32. The van der Waals surface area contributed by atoms with Gasteiger partial charge in [-0.1, -0.05) is 6.92 Å². The number of rotatable bonds is 6. The van der Waals surface area contributed by atoms with Gasteiger partial charge in [-0.15, -0.1) is 11.3 Å². The summed E-state index contributed by atoms with van der Waals surface area (Å²) in [7, 11) is -3.44. The number of hydrogen-bond donors (Lipinski definition) is 1. The Morgan fingerprint density at radius 3 is 2.69 bits per heavy atom. The Labute approximate surface area is 158 Å². The number of nitrogens with zero attached hydrogens (tertiary/aromatic N) is 2. The first kappa shape index (κ1) is 19.0. The minimum Gasteiger partial charge on any atom is -0.339 e. The Bertz CT molecular complexity index is 842. The Balaban J connectivity index is 1.50. The van der Waals surface area contributed by atoms with Crippen molar-refractivity contribution in [3.63, 3.8) is 0 Å². The largest absolute Gasteiger partial charge is 0.339 e. The molecule has 0 radical (unpaired) electrons. The fraction of sp³-hybridized carbons (Fsp3) is 0.444. The van der Waals surface area contributed by atoms with Gasteiger partial charge in [0.05, 0.1) is 5.56 Å². The van der Waals surface area contributed by atoms with Crippen LogP contribution in [0.1, 0.15) is 35.0 Å². The summed E-state index contributed by atoms with van der Waals surface area (Å²) in [4.78, 5) is 19.3. The molecule has 0 unspecified atom stereocenters. The molecule has 2 aromatic heterocycles. The lowest BCUT2D eigenvalue weighted by Crippen LogP contribution is -2.41. The molecule has 3 heterocycles. The van der Waals surface area contributed by atoms with Gasteiger partial charge in [-0.05, 0) is 49.4 Å². The van der Waals surface area contributed by atoms with E-state index in [0.29, 0.717) is 29.4 Å². The summed E-state index contributed by atoms with van der Waals surface area (Å²) in [6.45, 7) is 3.70. The third-order valence-corrected chi connectivity index (χ3v) is 7.77. The van der Waals surface area contributed by atoms with Gasteiger partial charge in [0.2, 0.25) is 10.0 Å². The predicted octanol–water partition coefficient (Wildman–Crippen LogP) is 2.54. The first-order chi connectivity index (χ1) is 12.5. The number of sulfonamides is 1. The smallest absolute Gasteiger partial charge is 0.255 e. The van der Waals surface area contributed by atoms with E-state index >= 15 is 0 Å². The number of likely N-dealkylation sites (tertiary alicyclic amines) is 1. The third kappa shape index (κ3) is 4.49. The number of aromatic nitrogens is 1. The quantitative estimate of drug-likeness (QED) is 0.818. The van der Waals surface area contributed by atoms with Gasteiger partial charge in [0, 0.05) is 36.9 Å². The van der Waals surface area contributed by atoms with Crippen LogP contribution in [-0.4, -0.2) is 43.8 Å². The van der Waals surface area contributed by atoms with Gasteiger partial charge < -0.3 is 4.90 Å². The zero-order valence-electron chi connectivity index (χ0n) is 14.7. The van der Waals surface area contributed by atoms with E-state index in [-0.39, 0.29) is 11.8 Å². The van der Waals surface area contributed by atoms with Gasteiger partial charge >= 0.3 is 0 Å². The number of piperidine rings is 1. The lowest BCUT2D eigenvalue weighted by atomic mass is 9.97. The summed E-state index contributed by atoms with van der Waals surface area (Å²) in [5, 5.41) is 0. The van der Waals surface area contributed by atoms with E-state index < -0.39 is 10.0 Å². The highest BCUT2D eigenvalue weighted by molar-refractivity contribution is 7.91. The monoisotopic (exact) mass is 393 g/mol. The van der Waals surface area contributed by atoms with Crippen LogP contribution >= 0.6 is 11.3 Å². The van der Waals surface area contributed by atoms with E-state index in [4.69, 9.17) is 0 Å². The van der Waals surface area contributed by atoms with Crippen LogP contribution in [0.4, 0.5) is 0 Å². The molecule has 1 N–H and O–H groups in total. The molecular weight excluding hydrogens is 370 g/mol. The van der Waals surface area contributed by atoms with Gasteiger partial charge in [-0.2, -0.15) is 0 Å². The fourth-order valence-electron chi connectivity index (χ4n) is 3.00. The third-order valence-electron chi connectivity index (χ3n) is 4.62. The second-order valence-corrected chi connectivity index (χ2v) is 9.57. The summed E-state index contributed by atoms with van der Waals surface area (Å²) < 4.78 is 27.9. The number of pyridine rings is 1. The molecule has 26 heavy (non-hydrogen) atoms. The van der Waals surface area contributed by atoms with Gasteiger partial charge in [0.15, 0.2) is 0 Å². The van der Waals surface area contributed by atoms with Crippen LogP contribution in [0.5, 0.6) is 0 Å². The lowest BCUT2D eigenvalue weighted by Gasteiger charge is -2.32. The number of carbonyl (C=O) groups excluding carboxylic acids is 1. The molecular formula is C18H23N3O3S2. The average Bonchev–Trinajstić information content (AvgIpc) is 3.17. The molecule has 1 fully saturated rings. The van der Waals surface area contributed by atoms with E-state index in [9.17, 15) is 13.2 Å². The molecule has 8 heteroatoms. The maximum Gasteiger partial charge on any atom is 0.255 e. The van der Waals surface area contributed by atoms with Crippen molar-refractivity contribution in [1.29, 1.82) is 0 Å². The summed E-state index contributed by atoms with van der Waals surface area (Å²) in [5.41, 5.74) is 0.594. The Kier molecular flexibility index (Phi) is 6.05. The highest BCUT2D eigenvalue weighted by Gasteiger charge is 2.25. The number of thiophene rings is 1. The zero-order chi connectivity index (χ0) is 18.6. The molecule has 0 bridgehead atoms. The summed E-state index contributed by atoms with van der Waals surface area (Å²) in [5.74, 6) is 0.233. The topological polar surface area (TPSA) is 79.4 Å². The van der Waals surface area contributed by atoms with Crippen molar-refractivity contribution < 1.29 is 13.2 Å². The maximum absolute atomic E-state index is 12.4. The molecule has 0 aromatic carbocycles. The lowest BCUT2D eigenvalue weighted by molar-refractivity contribution is 0.0691. The SMILES string of the molecule is CCc1ccc(S(=O)(=O)NCC2CCN(C(=O)c3cccnc3)CC2)s1. The molecule has 3 rings (SSSR count). The van der Waals surface area contributed by atoms with Crippen molar-refractivity contribution in [3.8, 4) is 0 Å². The van der Waals surface area contributed by atoms with Gasteiger partial charge in [-0.3, -0.25) is 9.78 Å². The number of nitrogens with one attached hydrogen (secondary N) is 1. The normalized spacial score (nSPS) is 16.0. The van der Waals surface area contributed by atoms with Crippen LogP contribution in [0.15, 0.2) is 40.9 Å². The average molecular weight is 394 g/mol. The molecule has 0 aliphatic carbocycles. The molecule has 0 saturated carbocycles. The van der Waals surface area contributed by atoms with Crippen molar-refractivity contribution in [1.82, 2.24) is 14.6 Å². The molecule has 0 spiro atoms. The van der Waals surface area contributed by atoms with Crippen molar-refractivity contribution in [2.24, 2.45) is 5.92 Å².